The molecular weight excluding hydrogens is 302 g/mol. The Labute approximate surface area is 140 Å². The van der Waals surface area contributed by atoms with E-state index in [1.54, 1.807) is 24.3 Å². The van der Waals surface area contributed by atoms with E-state index in [2.05, 4.69) is 10.3 Å². The van der Waals surface area contributed by atoms with Gasteiger partial charge in [0.1, 0.15) is 5.82 Å². The molecule has 5 heteroatoms. The molecule has 0 aliphatic heterocycles. The number of rotatable bonds is 4. The van der Waals surface area contributed by atoms with Crippen LogP contribution in [0.25, 0.3) is 11.0 Å². The summed E-state index contributed by atoms with van der Waals surface area (Å²) >= 11 is 0. The van der Waals surface area contributed by atoms with Crippen molar-refractivity contribution in [2.75, 3.05) is 0 Å². The summed E-state index contributed by atoms with van der Waals surface area (Å²) in [4.78, 5) is 28.9. The molecule has 1 atom stereocenters. The highest BCUT2D eigenvalue weighted by Crippen LogP contribution is 2.20. The third-order valence-corrected chi connectivity index (χ3v) is 4.11. The van der Waals surface area contributed by atoms with Gasteiger partial charge in [-0.1, -0.05) is 30.3 Å². The van der Waals surface area contributed by atoms with Crippen LogP contribution in [0.4, 0.5) is 0 Å². The van der Waals surface area contributed by atoms with Crippen molar-refractivity contribution < 1.29 is 9.59 Å². The summed E-state index contributed by atoms with van der Waals surface area (Å²) in [6.45, 7) is 3.34. The molecule has 3 aromatic rings. The lowest BCUT2D eigenvalue weighted by molar-refractivity contribution is 0.0925. The molecular formula is C19H19N3O2. The molecule has 0 unspecified atom stereocenters. The third kappa shape index (κ3) is 2.80. The van der Waals surface area contributed by atoms with Crippen molar-refractivity contribution in [3.63, 3.8) is 0 Å². The fourth-order valence-corrected chi connectivity index (χ4v) is 2.88. The zero-order valence-corrected chi connectivity index (χ0v) is 13.9. The second-order valence-corrected chi connectivity index (χ2v) is 5.81. The molecule has 0 fully saturated rings. The molecule has 0 spiro atoms. The van der Waals surface area contributed by atoms with Crippen molar-refractivity contribution in [1.29, 1.82) is 0 Å². The first-order valence-corrected chi connectivity index (χ1v) is 7.81. The predicted octanol–water partition coefficient (Wildman–Crippen LogP) is 3.27. The Morgan fingerprint density at radius 2 is 1.67 bits per heavy atom. The first-order chi connectivity index (χ1) is 11.5. The Kier molecular flexibility index (Phi) is 4.16. The summed E-state index contributed by atoms with van der Waals surface area (Å²) in [6, 6.07) is 14.4. The van der Waals surface area contributed by atoms with Gasteiger partial charge in [0.2, 0.25) is 0 Å². The van der Waals surface area contributed by atoms with Gasteiger partial charge < -0.3 is 9.88 Å². The van der Waals surface area contributed by atoms with Crippen LogP contribution in [-0.4, -0.2) is 21.2 Å². The fraction of sp³-hybridized carbons (Fsp3) is 0.211. The molecule has 0 aliphatic carbocycles. The van der Waals surface area contributed by atoms with E-state index < -0.39 is 0 Å². The summed E-state index contributed by atoms with van der Waals surface area (Å²) < 4.78 is 1.97. The van der Waals surface area contributed by atoms with E-state index in [0.29, 0.717) is 11.1 Å². The van der Waals surface area contributed by atoms with Gasteiger partial charge in [-0.05, 0) is 32.0 Å². The zero-order valence-electron chi connectivity index (χ0n) is 13.9. The van der Waals surface area contributed by atoms with E-state index >= 15 is 0 Å². The minimum absolute atomic E-state index is 0.129. The van der Waals surface area contributed by atoms with E-state index in [0.717, 1.165) is 16.9 Å². The summed E-state index contributed by atoms with van der Waals surface area (Å²) in [5.74, 6) is 0.362. The lowest BCUT2D eigenvalue weighted by atomic mass is 10.0. The van der Waals surface area contributed by atoms with Crippen LogP contribution in [0.2, 0.25) is 0 Å². The van der Waals surface area contributed by atoms with Gasteiger partial charge in [0.15, 0.2) is 5.78 Å². The first-order valence-electron chi connectivity index (χ1n) is 7.81. The number of fused-ring (bicyclic) bond motifs is 1. The minimum Gasteiger partial charge on any atom is -0.342 e. The Bertz CT molecular complexity index is 927. The number of aryl methyl sites for hydroxylation is 1. The Balaban J connectivity index is 1.89. The molecule has 0 bridgehead atoms. The van der Waals surface area contributed by atoms with Crippen LogP contribution in [-0.2, 0) is 7.05 Å². The van der Waals surface area contributed by atoms with Crippen LogP contribution in [0, 0.1) is 0 Å². The average molecular weight is 321 g/mol. The van der Waals surface area contributed by atoms with Gasteiger partial charge in [-0.25, -0.2) is 4.98 Å². The highest BCUT2D eigenvalue weighted by atomic mass is 16.2. The molecule has 24 heavy (non-hydrogen) atoms. The number of para-hydroxylation sites is 2. The topological polar surface area (TPSA) is 64.0 Å². The van der Waals surface area contributed by atoms with E-state index in [9.17, 15) is 9.59 Å². The van der Waals surface area contributed by atoms with Gasteiger partial charge in [-0.2, -0.15) is 0 Å². The lowest BCUT2D eigenvalue weighted by Crippen LogP contribution is -2.29. The Morgan fingerprint density at radius 3 is 2.33 bits per heavy atom. The van der Waals surface area contributed by atoms with Gasteiger partial charge >= 0.3 is 0 Å². The van der Waals surface area contributed by atoms with Crippen LogP contribution in [0.5, 0.6) is 0 Å². The zero-order chi connectivity index (χ0) is 17.3. The maximum Gasteiger partial charge on any atom is 0.252 e. The number of carbonyl (C=O) groups excluding carboxylic acids is 2. The number of nitrogens with one attached hydrogen (secondary N) is 1. The van der Waals surface area contributed by atoms with E-state index in [1.165, 1.54) is 6.92 Å². The predicted molar refractivity (Wildman–Crippen MR) is 93.0 cm³/mol. The molecule has 2 aromatic carbocycles. The average Bonchev–Trinajstić information content (AvgIpc) is 2.92. The lowest BCUT2D eigenvalue weighted by Gasteiger charge is -2.15. The number of amides is 1. The molecule has 1 heterocycles. The van der Waals surface area contributed by atoms with Gasteiger partial charge in [-0.3, -0.25) is 9.59 Å². The number of carbonyl (C=O) groups is 2. The second-order valence-electron chi connectivity index (χ2n) is 5.81. The van der Waals surface area contributed by atoms with Gasteiger partial charge in [-0.15, -0.1) is 0 Å². The van der Waals surface area contributed by atoms with E-state index in [1.807, 2.05) is 42.8 Å². The Morgan fingerprint density at radius 1 is 1.04 bits per heavy atom. The SMILES string of the molecule is CC(=O)c1ccccc1C(=O)N[C@@H](C)c1nc2ccccc2n1C. The largest absolute Gasteiger partial charge is 0.342 e. The first kappa shape index (κ1) is 15.9. The number of imidazole rings is 1. The number of hydrogen-bond donors (Lipinski definition) is 1. The molecule has 0 saturated carbocycles. The molecule has 1 amide bonds. The molecule has 122 valence electrons. The van der Waals surface area contributed by atoms with Crippen LogP contribution in [0.15, 0.2) is 48.5 Å². The molecule has 0 aliphatic rings. The number of hydrogen-bond acceptors (Lipinski definition) is 3. The number of ketones is 1. The fourth-order valence-electron chi connectivity index (χ4n) is 2.88. The van der Waals surface area contributed by atoms with Crippen molar-refractivity contribution in [2.45, 2.75) is 19.9 Å². The second kappa shape index (κ2) is 6.28. The molecule has 5 nitrogen and oxygen atoms in total. The van der Waals surface area contributed by atoms with Crippen molar-refractivity contribution in [3.8, 4) is 0 Å². The molecule has 1 N–H and O–H groups in total. The highest BCUT2D eigenvalue weighted by molar-refractivity contribution is 6.07. The maximum absolute atomic E-state index is 12.6. The highest BCUT2D eigenvalue weighted by Gasteiger charge is 2.19. The van der Waals surface area contributed by atoms with Crippen LogP contribution < -0.4 is 5.32 Å². The summed E-state index contributed by atoms with van der Waals surface area (Å²) in [5.41, 5.74) is 2.71. The van der Waals surface area contributed by atoms with Crippen molar-refractivity contribution >= 4 is 22.7 Å². The van der Waals surface area contributed by atoms with Crippen LogP contribution in [0.1, 0.15) is 46.4 Å². The summed E-state index contributed by atoms with van der Waals surface area (Å²) in [5, 5.41) is 2.94. The summed E-state index contributed by atoms with van der Waals surface area (Å²) in [6.07, 6.45) is 0. The van der Waals surface area contributed by atoms with E-state index in [-0.39, 0.29) is 17.7 Å². The number of aromatic nitrogens is 2. The maximum atomic E-state index is 12.6. The number of benzene rings is 2. The molecule has 1 aromatic heterocycles. The third-order valence-electron chi connectivity index (χ3n) is 4.11. The van der Waals surface area contributed by atoms with Gasteiger partial charge in [0.05, 0.1) is 22.6 Å². The van der Waals surface area contributed by atoms with Crippen molar-refractivity contribution in [1.82, 2.24) is 14.9 Å². The quantitative estimate of drug-likeness (QED) is 0.750. The Hall–Kier alpha value is -2.95. The van der Waals surface area contributed by atoms with Crippen LogP contribution in [0.3, 0.4) is 0 Å². The van der Waals surface area contributed by atoms with Crippen molar-refractivity contribution in [2.24, 2.45) is 7.05 Å². The molecule has 0 saturated heterocycles. The minimum atomic E-state index is -0.282. The van der Waals surface area contributed by atoms with Crippen LogP contribution >= 0.6 is 0 Å². The van der Waals surface area contributed by atoms with Gasteiger partial charge in [0.25, 0.3) is 5.91 Å². The normalized spacial score (nSPS) is 12.1. The molecule has 3 rings (SSSR count). The molecule has 0 radical (unpaired) electrons. The number of nitrogens with zero attached hydrogens (tertiary/aromatic N) is 2. The monoisotopic (exact) mass is 321 g/mol. The van der Waals surface area contributed by atoms with Gasteiger partial charge in [0, 0.05) is 12.6 Å². The van der Waals surface area contributed by atoms with Crippen molar-refractivity contribution in [3.05, 3.63) is 65.5 Å². The number of Topliss-reactive ketones (excluding diaryl/α,β-unsaturated/α-hetero) is 1. The summed E-state index contributed by atoms with van der Waals surface area (Å²) in [7, 11) is 1.93. The van der Waals surface area contributed by atoms with E-state index in [4.69, 9.17) is 0 Å². The smallest absolute Gasteiger partial charge is 0.252 e. The standard InChI is InChI=1S/C19H19N3O2/c1-12(18-21-16-10-6-7-11-17(16)22(18)3)20-19(24)15-9-5-4-8-14(15)13(2)23/h4-12H,1-3H3,(H,20,24)/t12-/m0/s1.